The van der Waals surface area contributed by atoms with E-state index in [2.05, 4.69) is 4.98 Å². The Kier molecular flexibility index (Phi) is 3.94. The van der Waals surface area contributed by atoms with E-state index in [0.29, 0.717) is 11.6 Å². The van der Waals surface area contributed by atoms with E-state index in [0.717, 1.165) is 17.0 Å². The average Bonchev–Trinajstić information content (AvgIpc) is 2.96. The van der Waals surface area contributed by atoms with Gasteiger partial charge in [-0.1, -0.05) is 35.9 Å². The Labute approximate surface area is 132 Å². The van der Waals surface area contributed by atoms with Crippen LogP contribution in [0.15, 0.2) is 60.9 Å². The van der Waals surface area contributed by atoms with Crippen molar-refractivity contribution in [3.63, 3.8) is 0 Å². The van der Waals surface area contributed by atoms with E-state index in [-0.39, 0.29) is 5.56 Å². The predicted octanol–water partition coefficient (Wildman–Crippen LogP) is 3.95. The summed E-state index contributed by atoms with van der Waals surface area (Å²) in [7, 11) is 0. The molecule has 0 bridgehead atoms. The van der Waals surface area contributed by atoms with Crippen LogP contribution in [0.5, 0.6) is 0 Å². The summed E-state index contributed by atoms with van der Waals surface area (Å²) < 4.78 is 2.00. The summed E-state index contributed by atoms with van der Waals surface area (Å²) in [5.41, 5.74) is 2.23. The third kappa shape index (κ3) is 3.02. The van der Waals surface area contributed by atoms with Gasteiger partial charge in [0, 0.05) is 29.5 Å². The second-order valence-corrected chi connectivity index (χ2v) is 5.33. The van der Waals surface area contributed by atoms with Crippen molar-refractivity contribution in [1.82, 2.24) is 9.55 Å². The minimum atomic E-state index is -0.922. The second kappa shape index (κ2) is 6.03. The van der Waals surface area contributed by atoms with Crippen LogP contribution in [0.2, 0.25) is 5.02 Å². The van der Waals surface area contributed by atoms with E-state index in [1.165, 1.54) is 0 Å². The number of rotatable bonds is 4. The number of imidazole rings is 1. The predicted molar refractivity (Wildman–Crippen MR) is 85.2 cm³/mol. The monoisotopic (exact) mass is 312 g/mol. The fourth-order valence-electron chi connectivity index (χ4n) is 2.27. The Morgan fingerprint density at radius 1 is 1.18 bits per heavy atom. The molecule has 0 radical (unpaired) electrons. The first-order chi connectivity index (χ1) is 10.6. The van der Waals surface area contributed by atoms with E-state index in [1.807, 2.05) is 47.2 Å². The van der Waals surface area contributed by atoms with Crippen LogP contribution in [-0.4, -0.2) is 20.6 Å². The fourth-order valence-corrected chi connectivity index (χ4v) is 2.46. The number of hydrogen-bond acceptors (Lipinski definition) is 2. The van der Waals surface area contributed by atoms with Gasteiger partial charge in [0.25, 0.3) is 0 Å². The van der Waals surface area contributed by atoms with E-state index in [9.17, 15) is 4.79 Å². The lowest BCUT2D eigenvalue weighted by atomic mass is 10.1. The molecule has 0 aliphatic heterocycles. The molecule has 5 heteroatoms. The number of nitrogens with zero attached hydrogens (tertiary/aromatic N) is 2. The van der Waals surface area contributed by atoms with Crippen molar-refractivity contribution < 1.29 is 9.90 Å². The van der Waals surface area contributed by atoms with Crippen LogP contribution in [0.3, 0.4) is 0 Å². The number of hydrogen-bond donors (Lipinski definition) is 1. The van der Waals surface area contributed by atoms with Gasteiger partial charge in [-0.05, 0) is 29.8 Å². The van der Waals surface area contributed by atoms with Crippen LogP contribution in [-0.2, 0) is 6.54 Å². The van der Waals surface area contributed by atoms with Gasteiger partial charge < -0.3 is 9.67 Å². The van der Waals surface area contributed by atoms with Gasteiger partial charge in [-0.3, -0.25) is 0 Å². The first kappa shape index (κ1) is 14.4. The van der Waals surface area contributed by atoms with Crippen molar-refractivity contribution in [2.24, 2.45) is 0 Å². The maximum atomic E-state index is 10.9. The summed E-state index contributed by atoms with van der Waals surface area (Å²) in [6.07, 6.45) is 3.63. The summed E-state index contributed by atoms with van der Waals surface area (Å²) in [4.78, 5) is 15.3. The molecule has 0 atom stereocenters. The molecular formula is C17H13ClN2O2. The topological polar surface area (TPSA) is 55.1 Å². The van der Waals surface area contributed by atoms with Crippen molar-refractivity contribution in [3.05, 3.63) is 77.1 Å². The Hall–Kier alpha value is -2.59. The highest BCUT2D eigenvalue weighted by Crippen LogP contribution is 2.22. The highest BCUT2D eigenvalue weighted by Gasteiger charge is 2.08. The Morgan fingerprint density at radius 3 is 2.64 bits per heavy atom. The third-order valence-electron chi connectivity index (χ3n) is 3.35. The number of aromatic nitrogens is 2. The van der Waals surface area contributed by atoms with Crippen LogP contribution in [0, 0.1) is 0 Å². The average molecular weight is 313 g/mol. The number of carboxylic acids is 1. The zero-order valence-corrected chi connectivity index (χ0v) is 12.4. The lowest BCUT2D eigenvalue weighted by molar-refractivity contribution is 0.0697. The minimum absolute atomic E-state index is 0.282. The van der Waals surface area contributed by atoms with Crippen LogP contribution < -0.4 is 0 Å². The van der Waals surface area contributed by atoms with Gasteiger partial charge in [-0.2, -0.15) is 0 Å². The highest BCUT2D eigenvalue weighted by atomic mass is 35.5. The van der Waals surface area contributed by atoms with Crippen molar-refractivity contribution in [3.8, 4) is 11.4 Å². The Balaban J connectivity index is 1.88. The zero-order chi connectivity index (χ0) is 15.5. The number of halogens is 1. The van der Waals surface area contributed by atoms with Gasteiger partial charge in [0.15, 0.2) is 0 Å². The summed E-state index contributed by atoms with van der Waals surface area (Å²) in [5, 5.41) is 9.59. The van der Waals surface area contributed by atoms with Crippen LogP contribution in [0.1, 0.15) is 15.9 Å². The van der Waals surface area contributed by atoms with E-state index >= 15 is 0 Å². The first-order valence-electron chi connectivity index (χ1n) is 6.73. The Morgan fingerprint density at radius 2 is 1.95 bits per heavy atom. The van der Waals surface area contributed by atoms with E-state index in [1.54, 1.807) is 18.3 Å². The summed E-state index contributed by atoms with van der Waals surface area (Å²) in [6.45, 7) is 0.613. The lowest BCUT2D eigenvalue weighted by Crippen LogP contribution is -2.02. The van der Waals surface area contributed by atoms with Gasteiger partial charge in [-0.25, -0.2) is 9.78 Å². The van der Waals surface area contributed by atoms with Crippen molar-refractivity contribution in [2.75, 3.05) is 0 Å². The molecule has 1 N–H and O–H groups in total. The van der Waals surface area contributed by atoms with Crippen molar-refractivity contribution in [1.29, 1.82) is 0 Å². The molecule has 4 nitrogen and oxygen atoms in total. The SMILES string of the molecule is O=C(O)c1ccc(Cn2ccnc2-c2cccc(Cl)c2)cc1. The van der Waals surface area contributed by atoms with Gasteiger partial charge in [0.1, 0.15) is 5.82 Å². The molecule has 1 heterocycles. The lowest BCUT2D eigenvalue weighted by Gasteiger charge is -2.09. The maximum absolute atomic E-state index is 10.9. The van der Waals surface area contributed by atoms with E-state index in [4.69, 9.17) is 16.7 Å². The molecule has 3 rings (SSSR count). The zero-order valence-electron chi connectivity index (χ0n) is 11.6. The van der Waals surface area contributed by atoms with E-state index < -0.39 is 5.97 Å². The molecule has 0 fully saturated rings. The normalized spacial score (nSPS) is 10.6. The number of carbonyl (C=O) groups is 1. The molecule has 3 aromatic rings. The molecule has 2 aromatic carbocycles. The third-order valence-corrected chi connectivity index (χ3v) is 3.59. The largest absolute Gasteiger partial charge is 0.478 e. The summed E-state index contributed by atoms with van der Waals surface area (Å²) in [5.74, 6) is -0.0985. The number of aromatic carboxylic acids is 1. The minimum Gasteiger partial charge on any atom is -0.478 e. The Bertz CT molecular complexity index is 810. The molecule has 0 spiro atoms. The van der Waals surface area contributed by atoms with Crippen molar-refractivity contribution >= 4 is 17.6 Å². The summed E-state index contributed by atoms with van der Waals surface area (Å²) in [6, 6.07) is 14.4. The molecular weight excluding hydrogens is 300 g/mol. The van der Waals surface area contributed by atoms with Crippen LogP contribution in [0.25, 0.3) is 11.4 Å². The van der Waals surface area contributed by atoms with Crippen LogP contribution >= 0.6 is 11.6 Å². The van der Waals surface area contributed by atoms with Gasteiger partial charge in [0.05, 0.1) is 5.56 Å². The molecule has 0 saturated carbocycles. The molecule has 22 heavy (non-hydrogen) atoms. The molecule has 0 aliphatic rings. The molecule has 0 aliphatic carbocycles. The fraction of sp³-hybridized carbons (Fsp3) is 0.0588. The summed E-state index contributed by atoms with van der Waals surface area (Å²) >= 11 is 6.03. The number of carboxylic acid groups (broad SMARTS) is 1. The number of benzene rings is 2. The molecule has 0 amide bonds. The molecule has 110 valence electrons. The van der Waals surface area contributed by atoms with Gasteiger partial charge >= 0.3 is 5.97 Å². The maximum Gasteiger partial charge on any atom is 0.335 e. The van der Waals surface area contributed by atoms with Gasteiger partial charge in [-0.15, -0.1) is 0 Å². The highest BCUT2D eigenvalue weighted by molar-refractivity contribution is 6.30. The molecule has 0 saturated heterocycles. The molecule has 0 unspecified atom stereocenters. The smallest absolute Gasteiger partial charge is 0.335 e. The van der Waals surface area contributed by atoms with Crippen molar-refractivity contribution in [2.45, 2.75) is 6.54 Å². The first-order valence-corrected chi connectivity index (χ1v) is 7.10. The second-order valence-electron chi connectivity index (χ2n) is 4.89. The standard InChI is InChI=1S/C17H13ClN2O2/c18-15-3-1-2-14(10-15)16-19-8-9-20(16)11-12-4-6-13(7-5-12)17(21)22/h1-10H,11H2,(H,21,22). The van der Waals surface area contributed by atoms with Crippen LogP contribution in [0.4, 0.5) is 0 Å². The van der Waals surface area contributed by atoms with Gasteiger partial charge in [0.2, 0.25) is 0 Å². The molecule has 1 aromatic heterocycles. The quantitative estimate of drug-likeness (QED) is 0.793.